The topological polar surface area (TPSA) is 111 Å². The molecule has 0 bridgehead atoms. The first-order valence-corrected chi connectivity index (χ1v) is 6.41. The van der Waals surface area contributed by atoms with Gasteiger partial charge in [0, 0.05) is 6.92 Å². The number of nitrogens with one attached hydrogen (secondary N) is 2. The number of aliphatic hydroxyl groups is 3. The molecule has 7 nitrogen and oxygen atoms in total. The fourth-order valence-electron chi connectivity index (χ4n) is 1.73. The van der Waals surface area contributed by atoms with Crippen molar-refractivity contribution in [1.82, 2.24) is 10.0 Å². The van der Waals surface area contributed by atoms with Crippen LogP contribution in [0, 0.1) is 0 Å². The van der Waals surface area contributed by atoms with Crippen molar-refractivity contribution >= 4 is 17.9 Å². The first-order valence-electron chi connectivity index (χ1n) is 5.19. The molecular formula is C9H18N2O5S. The van der Waals surface area contributed by atoms with Crippen LogP contribution in [0.4, 0.5) is 0 Å². The van der Waals surface area contributed by atoms with E-state index in [1.807, 2.05) is 0 Å². The van der Waals surface area contributed by atoms with Crippen LogP contribution in [0.25, 0.3) is 0 Å². The second-order valence-electron chi connectivity index (χ2n) is 3.81. The van der Waals surface area contributed by atoms with Crippen molar-refractivity contribution in [3.63, 3.8) is 0 Å². The number of ether oxygens (including phenoxy) is 1. The number of hydrogen-bond acceptors (Lipinski definition) is 7. The summed E-state index contributed by atoms with van der Waals surface area (Å²) >= 11 is 1.25. The predicted molar refractivity (Wildman–Crippen MR) is 62.0 cm³/mol. The van der Waals surface area contributed by atoms with Gasteiger partial charge in [-0.1, -0.05) is 11.9 Å². The van der Waals surface area contributed by atoms with E-state index >= 15 is 0 Å². The summed E-state index contributed by atoms with van der Waals surface area (Å²) in [4.78, 5) is 11.0. The Kier molecular flexibility index (Phi) is 5.63. The van der Waals surface area contributed by atoms with Gasteiger partial charge in [0.25, 0.3) is 0 Å². The SMILES string of the molecule is CSNC1OC(CO)C(O)C(O)C1NC(C)=O. The van der Waals surface area contributed by atoms with Crippen molar-refractivity contribution in [2.24, 2.45) is 0 Å². The molecule has 0 spiro atoms. The molecule has 5 unspecified atom stereocenters. The van der Waals surface area contributed by atoms with Gasteiger partial charge in [0.2, 0.25) is 5.91 Å². The highest BCUT2D eigenvalue weighted by Crippen LogP contribution is 2.20. The number of carbonyl (C=O) groups is 1. The molecule has 1 aliphatic rings. The lowest BCUT2D eigenvalue weighted by Crippen LogP contribution is -2.66. The minimum Gasteiger partial charge on any atom is -0.394 e. The lowest BCUT2D eigenvalue weighted by atomic mass is 9.96. The number of amides is 1. The monoisotopic (exact) mass is 266 g/mol. The van der Waals surface area contributed by atoms with Gasteiger partial charge in [0.15, 0.2) is 0 Å². The average molecular weight is 266 g/mol. The van der Waals surface area contributed by atoms with Crippen LogP contribution in [0.5, 0.6) is 0 Å². The van der Waals surface area contributed by atoms with E-state index in [2.05, 4.69) is 10.0 Å². The fourth-order valence-corrected chi connectivity index (χ4v) is 2.16. The van der Waals surface area contributed by atoms with Crippen LogP contribution in [-0.2, 0) is 9.53 Å². The Morgan fingerprint density at radius 2 is 2.06 bits per heavy atom. The highest BCUT2D eigenvalue weighted by Gasteiger charge is 2.44. The molecule has 5 atom stereocenters. The van der Waals surface area contributed by atoms with E-state index in [0.29, 0.717) is 0 Å². The van der Waals surface area contributed by atoms with Crippen LogP contribution in [0.1, 0.15) is 6.92 Å². The van der Waals surface area contributed by atoms with Crippen molar-refractivity contribution in [1.29, 1.82) is 0 Å². The van der Waals surface area contributed by atoms with Crippen molar-refractivity contribution in [3.05, 3.63) is 0 Å². The Labute approximate surface area is 104 Å². The molecular weight excluding hydrogens is 248 g/mol. The highest BCUT2D eigenvalue weighted by atomic mass is 32.2. The molecule has 0 aromatic heterocycles. The third kappa shape index (κ3) is 3.54. The third-order valence-electron chi connectivity index (χ3n) is 2.53. The molecule has 100 valence electrons. The Bertz CT molecular complexity index is 268. The normalized spacial score (nSPS) is 37.8. The second-order valence-corrected chi connectivity index (χ2v) is 4.45. The van der Waals surface area contributed by atoms with Gasteiger partial charge in [0.1, 0.15) is 24.5 Å². The molecule has 1 rings (SSSR count). The van der Waals surface area contributed by atoms with E-state index in [4.69, 9.17) is 9.84 Å². The van der Waals surface area contributed by atoms with Crippen LogP contribution in [0.3, 0.4) is 0 Å². The van der Waals surface area contributed by atoms with Gasteiger partial charge in [0.05, 0.1) is 12.6 Å². The van der Waals surface area contributed by atoms with E-state index < -0.39 is 37.2 Å². The molecule has 0 aromatic rings. The maximum absolute atomic E-state index is 11.0. The second kappa shape index (κ2) is 6.53. The zero-order valence-corrected chi connectivity index (χ0v) is 10.5. The van der Waals surface area contributed by atoms with Crippen molar-refractivity contribution in [3.8, 4) is 0 Å². The molecule has 1 fully saturated rings. The average Bonchev–Trinajstić information content (AvgIpc) is 2.28. The van der Waals surface area contributed by atoms with Crippen LogP contribution in [0.2, 0.25) is 0 Å². The summed E-state index contributed by atoms with van der Waals surface area (Å²) in [7, 11) is 0. The van der Waals surface area contributed by atoms with Gasteiger partial charge in [-0.15, -0.1) is 0 Å². The molecule has 0 aliphatic carbocycles. The number of rotatable bonds is 4. The molecule has 17 heavy (non-hydrogen) atoms. The van der Waals surface area contributed by atoms with Crippen LogP contribution < -0.4 is 10.0 Å². The molecule has 1 saturated heterocycles. The van der Waals surface area contributed by atoms with Crippen molar-refractivity contribution in [2.45, 2.75) is 37.5 Å². The first kappa shape index (κ1) is 14.7. The van der Waals surface area contributed by atoms with E-state index in [1.54, 1.807) is 6.26 Å². The van der Waals surface area contributed by atoms with E-state index in [9.17, 15) is 15.0 Å². The summed E-state index contributed by atoms with van der Waals surface area (Å²) < 4.78 is 8.22. The zero-order chi connectivity index (χ0) is 13.0. The number of carbonyl (C=O) groups excluding carboxylic acids is 1. The van der Waals surface area contributed by atoms with Gasteiger partial charge < -0.3 is 25.4 Å². The highest BCUT2D eigenvalue weighted by molar-refractivity contribution is 7.96. The minimum absolute atomic E-state index is 0.333. The standard InChI is InChI=1S/C9H18N2O5S/c1-4(13)10-6-8(15)7(14)5(3-12)16-9(6)11-17-2/h5-9,11-12,14-15H,3H2,1-2H3,(H,10,13). The zero-order valence-electron chi connectivity index (χ0n) is 9.66. The molecule has 0 saturated carbocycles. The fraction of sp³-hybridized carbons (Fsp3) is 0.889. The summed E-state index contributed by atoms with van der Waals surface area (Å²) in [6.45, 7) is 0.908. The summed E-state index contributed by atoms with van der Waals surface area (Å²) in [5.41, 5.74) is 0. The first-order chi connectivity index (χ1) is 8.01. The smallest absolute Gasteiger partial charge is 0.217 e. The Balaban J connectivity index is 2.78. The van der Waals surface area contributed by atoms with Gasteiger partial charge in [-0.05, 0) is 6.26 Å². The molecule has 1 amide bonds. The minimum atomic E-state index is -1.24. The lowest BCUT2D eigenvalue weighted by Gasteiger charge is -2.42. The summed E-state index contributed by atoms with van der Waals surface area (Å²) in [5, 5.41) is 31.1. The maximum Gasteiger partial charge on any atom is 0.217 e. The molecule has 5 N–H and O–H groups in total. The predicted octanol–water partition coefficient (Wildman–Crippen LogP) is -2.20. The summed E-state index contributed by atoms with van der Waals surface area (Å²) in [5.74, 6) is -0.333. The van der Waals surface area contributed by atoms with Crippen LogP contribution in [-0.4, -0.2) is 64.7 Å². The molecule has 8 heteroatoms. The largest absolute Gasteiger partial charge is 0.394 e. The van der Waals surface area contributed by atoms with Gasteiger partial charge in [-0.2, -0.15) is 0 Å². The van der Waals surface area contributed by atoms with E-state index in [1.165, 1.54) is 18.9 Å². The van der Waals surface area contributed by atoms with Gasteiger partial charge >= 0.3 is 0 Å². The Hall–Kier alpha value is -0.380. The number of hydrogen-bond donors (Lipinski definition) is 5. The Morgan fingerprint density at radius 1 is 1.41 bits per heavy atom. The van der Waals surface area contributed by atoms with E-state index in [-0.39, 0.29) is 5.91 Å². The lowest BCUT2D eigenvalue weighted by molar-refractivity contribution is -0.197. The van der Waals surface area contributed by atoms with Crippen molar-refractivity contribution < 1.29 is 24.9 Å². The van der Waals surface area contributed by atoms with Gasteiger partial charge in [-0.3, -0.25) is 4.79 Å². The maximum atomic E-state index is 11.0. The summed E-state index contributed by atoms with van der Waals surface area (Å²) in [6.07, 6.45) is -2.23. The van der Waals surface area contributed by atoms with Crippen LogP contribution >= 0.6 is 11.9 Å². The van der Waals surface area contributed by atoms with E-state index in [0.717, 1.165) is 0 Å². The van der Waals surface area contributed by atoms with Crippen molar-refractivity contribution in [2.75, 3.05) is 12.9 Å². The van der Waals surface area contributed by atoms with Crippen LogP contribution in [0.15, 0.2) is 0 Å². The Morgan fingerprint density at radius 3 is 2.53 bits per heavy atom. The third-order valence-corrected chi connectivity index (χ3v) is 3.00. The molecule has 0 radical (unpaired) electrons. The molecule has 1 heterocycles. The molecule has 1 aliphatic heterocycles. The molecule has 0 aromatic carbocycles. The van der Waals surface area contributed by atoms with Gasteiger partial charge in [-0.25, -0.2) is 4.72 Å². The quantitative estimate of drug-likeness (QED) is 0.367. The number of aliphatic hydroxyl groups excluding tert-OH is 3. The summed E-state index contributed by atoms with van der Waals surface area (Å²) in [6, 6.07) is -0.766.